The van der Waals surface area contributed by atoms with Crippen LogP contribution in [0.5, 0.6) is 0 Å². The molecule has 0 bridgehead atoms. The minimum atomic E-state index is -0.288. The van der Waals surface area contributed by atoms with Gasteiger partial charge in [-0.25, -0.2) is 0 Å². The first-order valence-corrected chi connectivity index (χ1v) is 7.31. The monoisotopic (exact) mass is 338 g/mol. The molecule has 20 heavy (non-hydrogen) atoms. The maximum Gasteiger partial charge on any atom is 0.244 e. The lowest BCUT2D eigenvalue weighted by molar-refractivity contribution is -0.123. The SMILES string of the molecule is CCCNC(=O)CNC(=O)/C=C/c1ccc(C)cc1Br. The number of amides is 2. The molecule has 4 nitrogen and oxygen atoms in total. The van der Waals surface area contributed by atoms with Crippen LogP contribution in [0.3, 0.4) is 0 Å². The number of aryl methyl sites for hydroxylation is 1. The van der Waals surface area contributed by atoms with Gasteiger partial charge in [0.25, 0.3) is 0 Å². The van der Waals surface area contributed by atoms with E-state index >= 15 is 0 Å². The van der Waals surface area contributed by atoms with Gasteiger partial charge in [0, 0.05) is 17.1 Å². The van der Waals surface area contributed by atoms with Crippen LogP contribution in [0.15, 0.2) is 28.7 Å². The summed E-state index contributed by atoms with van der Waals surface area (Å²) >= 11 is 3.44. The number of rotatable bonds is 6. The van der Waals surface area contributed by atoms with Crippen LogP contribution in [0.1, 0.15) is 24.5 Å². The Morgan fingerprint density at radius 1 is 1.30 bits per heavy atom. The van der Waals surface area contributed by atoms with E-state index in [1.807, 2.05) is 32.0 Å². The van der Waals surface area contributed by atoms with Gasteiger partial charge < -0.3 is 10.6 Å². The molecule has 0 fully saturated rings. The summed E-state index contributed by atoms with van der Waals surface area (Å²) in [5.41, 5.74) is 2.06. The Morgan fingerprint density at radius 2 is 2.05 bits per heavy atom. The largest absolute Gasteiger partial charge is 0.355 e. The third kappa shape index (κ3) is 6.02. The van der Waals surface area contributed by atoms with Crippen molar-refractivity contribution in [2.75, 3.05) is 13.1 Å². The van der Waals surface area contributed by atoms with Crippen molar-refractivity contribution in [2.45, 2.75) is 20.3 Å². The molecule has 0 radical (unpaired) electrons. The topological polar surface area (TPSA) is 58.2 Å². The van der Waals surface area contributed by atoms with Crippen LogP contribution in [0.4, 0.5) is 0 Å². The quantitative estimate of drug-likeness (QED) is 0.782. The molecule has 0 spiro atoms. The van der Waals surface area contributed by atoms with Crippen LogP contribution < -0.4 is 10.6 Å². The molecule has 1 aromatic rings. The van der Waals surface area contributed by atoms with Crippen LogP contribution in [-0.4, -0.2) is 24.9 Å². The summed E-state index contributed by atoms with van der Waals surface area (Å²) in [5, 5.41) is 5.23. The Labute approximate surface area is 127 Å². The number of hydrogen-bond acceptors (Lipinski definition) is 2. The highest BCUT2D eigenvalue weighted by Gasteiger charge is 2.02. The molecular weight excluding hydrogens is 320 g/mol. The molecule has 0 aliphatic heterocycles. The molecule has 2 amide bonds. The average molecular weight is 339 g/mol. The van der Waals surface area contributed by atoms with Gasteiger partial charge in [-0.3, -0.25) is 9.59 Å². The Kier molecular flexibility index (Phi) is 7.01. The van der Waals surface area contributed by atoms with E-state index in [2.05, 4.69) is 26.6 Å². The molecule has 1 rings (SSSR count). The van der Waals surface area contributed by atoms with E-state index in [4.69, 9.17) is 0 Å². The van der Waals surface area contributed by atoms with E-state index in [1.54, 1.807) is 6.08 Å². The zero-order valence-corrected chi connectivity index (χ0v) is 13.3. The van der Waals surface area contributed by atoms with Gasteiger partial charge in [0.1, 0.15) is 0 Å². The number of hydrogen-bond donors (Lipinski definition) is 2. The van der Waals surface area contributed by atoms with Crippen LogP contribution in [0, 0.1) is 6.92 Å². The Bertz CT molecular complexity index is 513. The van der Waals surface area contributed by atoms with Gasteiger partial charge in [0.05, 0.1) is 6.54 Å². The van der Waals surface area contributed by atoms with Gasteiger partial charge in [-0.15, -0.1) is 0 Å². The lowest BCUT2D eigenvalue weighted by atomic mass is 10.1. The van der Waals surface area contributed by atoms with Crippen molar-refractivity contribution in [3.63, 3.8) is 0 Å². The Hall–Kier alpha value is -1.62. The summed E-state index contributed by atoms with van der Waals surface area (Å²) in [6.45, 7) is 4.60. The maximum absolute atomic E-state index is 11.6. The highest BCUT2D eigenvalue weighted by Crippen LogP contribution is 2.19. The summed E-state index contributed by atoms with van der Waals surface area (Å²) in [6, 6.07) is 5.88. The molecule has 1 aromatic carbocycles. The summed E-state index contributed by atoms with van der Waals surface area (Å²) < 4.78 is 0.933. The second-order valence-electron chi connectivity index (χ2n) is 4.43. The van der Waals surface area contributed by atoms with Crippen molar-refractivity contribution in [2.24, 2.45) is 0 Å². The smallest absolute Gasteiger partial charge is 0.244 e. The summed E-state index contributed by atoms with van der Waals surface area (Å²) in [6.07, 6.45) is 4.01. The van der Waals surface area contributed by atoms with E-state index in [0.29, 0.717) is 6.54 Å². The summed E-state index contributed by atoms with van der Waals surface area (Å²) in [4.78, 5) is 22.9. The van der Waals surface area contributed by atoms with Crippen molar-refractivity contribution < 1.29 is 9.59 Å². The molecule has 0 unspecified atom stereocenters. The van der Waals surface area contributed by atoms with Gasteiger partial charge >= 0.3 is 0 Å². The number of carbonyl (C=O) groups is 2. The molecule has 0 aromatic heterocycles. The molecule has 0 heterocycles. The first-order valence-electron chi connectivity index (χ1n) is 6.51. The fourth-order valence-electron chi connectivity index (χ4n) is 1.49. The first-order chi connectivity index (χ1) is 9.52. The second kappa shape index (κ2) is 8.53. The van der Waals surface area contributed by atoms with Gasteiger partial charge in [0.2, 0.25) is 11.8 Å². The van der Waals surface area contributed by atoms with E-state index < -0.39 is 0 Å². The molecule has 5 heteroatoms. The Balaban J connectivity index is 2.45. The third-order valence-electron chi connectivity index (χ3n) is 2.57. The maximum atomic E-state index is 11.6. The molecule has 108 valence electrons. The second-order valence-corrected chi connectivity index (χ2v) is 5.28. The number of halogens is 1. The van der Waals surface area contributed by atoms with Crippen LogP contribution in [-0.2, 0) is 9.59 Å². The average Bonchev–Trinajstić information content (AvgIpc) is 2.41. The minimum absolute atomic E-state index is 0.00175. The van der Waals surface area contributed by atoms with E-state index in [9.17, 15) is 9.59 Å². The van der Waals surface area contributed by atoms with Crippen LogP contribution >= 0.6 is 15.9 Å². The zero-order valence-electron chi connectivity index (χ0n) is 11.7. The normalized spacial score (nSPS) is 10.6. The summed E-state index contributed by atoms with van der Waals surface area (Å²) in [7, 11) is 0. The fourth-order valence-corrected chi connectivity index (χ4v) is 2.11. The molecule has 0 aliphatic rings. The highest BCUT2D eigenvalue weighted by atomic mass is 79.9. The number of benzene rings is 1. The van der Waals surface area contributed by atoms with Gasteiger partial charge in [0.15, 0.2) is 0 Å². The van der Waals surface area contributed by atoms with Crippen molar-refractivity contribution in [1.29, 1.82) is 0 Å². The lowest BCUT2D eigenvalue weighted by Crippen LogP contribution is -2.36. The first kappa shape index (κ1) is 16.4. The van der Waals surface area contributed by atoms with Crippen molar-refractivity contribution in [3.8, 4) is 0 Å². The molecule has 0 aliphatic carbocycles. The minimum Gasteiger partial charge on any atom is -0.355 e. The van der Waals surface area contributed by atoms with Gasteiger partial charge in [-0.05, 0) is 36.6 Å². The highest BCUT2D eigenvalue weighted by molar-refractivity contribution is 9.10. The van der Waals surface area contributed by atoms with E-state index in [-0.39, 0.29) is 18.4 Å². The molecule has 0 atom stereocenters. The molecule has 0 saturated heterocycles. The van der Waals surface area contributed by atoms with Crippen LogP contribution in [0.2, 0.25) is 0 Å². The summed E-state index contributed by atoms with van der Waals surface area (Å²) in [5.74, 6) is -0.464. The van der Waals surface area contributed by atoms with Gasteiger partial charge in [-0.1, -0.05) is 35.0 Å². The molecule has 2 N–H and O–H groups in total. The lowest BCUT2D eigenvalue weighted by Gasteiger charge is -2.04. The van der Waals surface area contributed by atoms with Gasteiger partial charge in [-0.2, -0.15) is 0 Å². The number of nitrogens with one attached hydrogen (secondary N) is 2. The third-order valence-corrected chi connectivity index (χ3v) is 3.25. The molecule has 0 saturated carbocycles. The van der Waals surface area contributed by atoms with Crippen LogP contribution in [0.25, 0.3) is 6.08 Å². The van der Waals surface area contributed by atoms with Crippen molar-refractivity contribution in [1.82, 2.24) is 10.6 Å². The predicted molar refractivity (Wildman–Crippen MR) is 84.2 cm³/mol. The Morgan fingerprint density at radius 3 is 2.70 bits per heavy atom. The number of carbonyl (C=O) groups excluding carboxylic acids is 2. The molecular formula is C15H19BrN2O2. The predicted octanol–water partition coefficient (Wildman–Crippen LogP) is 2.41. The zero-order chi connectivity index (χ0) is 15.0. The fraction of sp³-hybridized carbons (Fsp3) is 0.333. The standard InChI is InChI=1S/C15H19BrN2O2/c1-3-8-17-15(20)10-18-14(19)7-6-12-5-4-11(2)9-13(12)16/h4-7,9H,3,8,10H2,1-2H3,(H,17,20)(H,18,19)/b7-6+. The van der Waals surface area contributed by atoms with E-state index in [1.165, 1.54) is 6.08 Å². The van der Waals surface area contributed by atoms with E-state index in [0.717, 1.165) is 22.0 Å². The van der Waals surface area contributed by atoms with Crippen molar-refractivity contribution >= 4 is 33.8 Å². The van der Waals surface area contributed by atoms with Crippen molar-refractivity contribution in [3.05, 3.63) is 39.9 Å².